The van der Waals surface area contributed by atoms with Crippen molar-refractivity contribution in [2.45, 2.75) is 51.5 Å². The Balaban J connectivity index is 3.23. The lowest BCUT2D eigenvalue weighted by atomic mass is 9.87. The largest absolute Gasteiger partial charge is 0.365 e. The van der Waals surface area contributed by atoms with Crippen LogP contribution in [0.5, 0.6) is 0 Å². The van der Waals surface area contributed by atoms with E-state index in [9.17, 15) is 13.2 Å². The number of thiocarbonyl (C=S) groups is 1. The van der Waals surface area contributed by atoms with Crippen molar-refractivity contribution in [3.05, 3.63) is 35.4 Å². The average molecular weight is 384 g/mol. The van der Waals surface area contributed by atoms with Crippen LogP contribution in [0.25, 0.3) is 0 Å². The molecule has 6 nitrogen and oxygen atoms in total. The van der Waals surface area contributed by atoms with Crippen molar-refractivity contribution in [2.24, 2.45) is 4.36 Å². The van der Waals surface area contributed by atoms with E-state index in [1.165, 1.54) is 0 Å². The summed E-state index contributed by atoms with van der Waals surface area (Å²) in [6.45, 7) is 4.01. The first-order chi connectivity index (χ1) is 11.9. The number of hydrogen-bond acceptors (Lipinski definition) is 5. The number of carbonyl (C=O) groups is 1. The molecular weight excluding hydrogens is 358 g/mol. The van der Waals surface area contributed by atoms with Gasteiger partial charge in [-0.3, -0.25) is 4.79 Å². The highest BCUT2D eigenvalue weighted by Gasteiger charge is 2.30. The molecule has 0 heterocycles. The topological polar surface area (TPSA) is 87.6 Å². The van der Waals surface area contributed by atoms with Crippen LogP contribution >= 0.6 is 12.2 Å². The first-order valence-corrected chi connectivity index (χ1v) is 9.72. The van der Waals surface area contributed by atoms with Crippen molar-refractivity contribution in [1.82, 2.24) is 10.6 Å². The Labute approximate surface area is 156 Å². The van der Waals surface area contributed by atoms with Crippen LogP contribution in [0.3, 0.4) is 0 Å². The van der Waals surface area contributed by atoms with E-state index < -0.39 is 22.5 Å². The predicted octanol–water partition coefficient (Wildman–Crippen LogP) is 2.71. The molecule has 0 saturated carbocycles. The Morgan fingerprint density at radius 2 is 1.88 bits per heavy atom. The van der Waals surface area contributed by atoms with Gasteiger partial charge in [-0.05, 0) is 31.1 Å². The second-order valence-electron chi connectivity index (χ2n) is 5.84. The molecule has 0 aliphatic rings. The van der Waals surface area contributed by atoms with Gasteiger partial charge in [0.15, 0.2) is 5.11 Å². The van der Waals surface area contributed by atoms with E-state index in [2.05, 4.69) is 21.9 Å². The minimum atomic E-state index is -2.58. The summed E-state index contributed by atoms with van der Waals surface area (Å²) in [4.78, 5) is 12.8. The number of nitrogens with zero attached hydrogens (tertiary/aromatic N) is 1. The van der Waals surface area contributed by atoms with Crippen LogP contribution in [0.2, 0.25) is 0 Å². The zero-order chi connectivity index (χ0) is 18.8. The molecule has 0 fully saturated rings. The van der Waals surface area contributed by atoms with Crippen molar-refractivity contribution in [3.8, 4) is 0 Å². The lowest BCUT2D eigenvalue weighted by Crippen LogP contribution is -2.42. The van der Waals surface area contributed by atoms with Gasteiger partial charge < -0.3 is 10.6 Å². The monoisotopic (exact) mass is 383 g/mol. The third-order valence-electron chi connectivity index (χ3n) is 3.89. The van der Waals surface area contributed by atoms with E-state index in [1.807, 2.05) is 31.2 Å². The molecule has 0 bridgehead atoms. The van der Waals surface area contributed by atoms with E-state index in [0.717, 1.165) is 30.4 Å². The number of benzene rings is 1. The Morgan fingerprint density at radius 1 is 1.24 bits per heavy atom. The maximum atomic E-state index is 12.8. The Bertz CT molecular complexity index is 707. The highest BCUT2D eigenvalue weighted by atomic mass is 32.2. The van der Waals surface area contributed by atoms with Gasteiger partial charge >= 0.3 is 10.5 Å². The molecule has 0 spiro atoms. The van der Waals surface area contributed by atoms with Crippen LogP contribution in [0.4, 0.5) is 0 Å². The highest BCUT2D eigenvalue weighted by Crippen LogP contribution is 2.27. The van der Waals surface area contributed by atoms with Gasteiger partial charge in [-0.25, -0.2) is 0 Å². The lowest BCUT2D eigenvalue weighted by Gasteiger charge is -2.23. The zero-order valence-corrected chi connectivity index (χ0v) is 16.4. The minimum Gasteiger partial charge on any atom is -0.365 e. The number of hydrogen-bond donors (Lipinski definition) is 2. The van der Waals surface area contributed by atoms with Crippen LogP contribution in [0.1, 0.15) is 49.7 Å². The molecule has 0 aliphatic carbocycles. The molecule has 0 aromatic heterocycles. The maximum Gasteiger partial charge on any atom is 0.311 e. The van der Waals surface area contributed by atoms with E-state index in [0.29, 0.717) is 6.42 Å². The molecule has 2 atom stereocenters. The van der Waals surface area contributed by atoms with Gasteiger partial charge in [0.05, 0.1) is 12.0 Å². The second-order valence-corrected chi connectivity index (χ2v) is 6.90. The fourth-order valence-corrected chi connectivity index (χ4v) is 3.12. The summed E-state index contributed by atoms with van der Waals surface area (Å²) < 4.78 is 26.2. The quantitative estimate of drug-likeness (QED) is 0.532. The van der Waals surface area contributed by atoms with E-state index in [4.69, 9.17) is 12.2 Å². The SMILES string of the molecule is CCCCCC(N=S(=O)=O)C(C(=O)NC(=S)NC)c1ccc(C)cc1. The van der Waals surface area contributed by atoms with E-state index in [1.54, 1.807) is 7.05 Å². The molecule has 0 aliphatic heterocycles. The Kier molecular flexibility index (Phi) is 9.30. The van der Waals surface area contributed by atoms with Gasteiger partial charge in [-0.15, -0.1) is 0 Å². The van der Waals surface area contributed by atoms with Crippen molar-refractivity contribution in [3.63, 3.8) is 0 Å². The van der Waals surface area contributed by atoms with Gasteiger partial charge in [0, 0.05) is 7.05 Å². The standard InChI is InChI=1S/C17H25N3O3S2/c1-4-5-6-7-14(20-25(22)23)15(16(21)19-17(24)18-3)13-10-8-12(2)9-11-13/h8-11,14-15H,4-7H2,1-3H3,(H2,18,19,21,24). The first-order valence-electron chi connectivity index (χ1n) is 8.28. The number of rotatable bonds is 8. The summed E-state index contributed by atoms with van der Waals surface area (Å²) in [6, 6.07) is 6.79. The Hall–Kier alpha value is -1.80. The van der Waals surface area contributed by atoms with Gasteiger partial charge in [-0.1, -0.05) is 56.0 Å². The third kappa shape index (κ3) is 7.31. The van der Waals surface area contributed by atoms with Crippen LogP contribution in [0, 0.1) is 6.92 Å². The second kappa shape index (κ2) is 10.9. The maximum absolute atomic E-state index is 12.8. The molecular formula is C17H25N3O3S2. The molecule has 2 unspecified atom stereocenters. The van der Waals surface area contributed by atoms with Crippen molar-refractivity contribution < 1.29 is 13.2 Å². The van der Waals surface area contributed by atoms with Gasteiger partial charge in [-0.2, -0.15) is 12.8 Å². The molecule has 0 saturated heterocycles. The molecule has 1 rings (SSSR count). The Morgan fingerprint density at radius 3 is 2.40 bits per heavy atom. The minimum absolute atomic E-state index is 0.192. The molecule has 0 radical (unpaired) electrons. The molecule has 8 heteroatoms. The number of carbonyl (C=O) groups excluding carboxylic acids is 1. The summed E-state index contributed by atoms with van der Waals surface area (Å²) in [6.07, 6.45) is 3.27. The highest BCUT2D eigenvalue weighted by molar-refractivity contribution is 7.80. The number of unbranched alkanes of at least 4 members (excludes halogenated alkanes) is 2. The van der Waals surface area contributed by atoms with Crippen molar-refractivity contribution in [1.29, 1.82) is 0 Å². The average Bonchev–Trinajstić information content (AvgIpc) is 2.56. The summed E-state index contributed by atoms with van der Waals surface area (Å²) in [7, 11) is -0.974. The van der Waals surface area contributed by atoms with E-state index in [-0.39, 0.29) is 11.0 Å². The first kappa shape index (κ1) is 21.2. The number of aryl methyl sites for hydroxylation is 1. The molecule has 138 valence electrons. The molecule has 1 aromatic rings. The molecule has 1 amide bonds. The fourth-order valence-electron chi connectivity index (χ4n) is 2.57. The fraction of sp³-hybridized carbons (Fsp3) is 0.529. The van der Waals surface area contributed by atoms with Crippen LogP contribution in [-0.4, -0.2) is 32.5 Å². The normalized spacial score (nSPS) is 12.8. The van der Waals surface area contributed by atoms with Gasteiger partial charge in [0.25, 0.3) is 0 Å². The van der Waals surface area contributed by atoms with Crippen LogP contribution in [-0.2, 0) is 15.3 Å². The zero-order valence-electron chi connectivity index (χ0n) is 14.8. The van der Waals surface area contributed by atoms with Crippen LogP contribution in [0.15, 0.2) is 28.6 Å². The van der Waals surface area contributed by atoms with Gasteiger partial charge in [0.2, 0.25) is 5.91 Å². The summed E-state index contributed by atoms with van der Waals surface area (Å²) in [5, 5.41) is 5.49. The predicted molar refractivity (Wildman–Crippen MR) is 103 cm³/mol. The third-order valence-corrected chi connectivity index (χ3v) is 4.64. The summed E-state index contributed by atoms with van der Waals surface area (Å²) in [5.41, 5.74) is 1.78. The van der Waals surface area contributed by atoms with Gasteiger partial charge in [0.1, 0.15) is 0 Å². The number of nitrogens with one attached hydrogen (secondary N) is 2. The van der Waals surface area contributed by atoms with E-state index >= 15 is 0 Å². The molecule has 1 aromatic carbocycles. The molecule has 2 N–H and O–H groups in total. The number of amides is 1. The van der Waals surface area contributed by atoms with Crippen LogP contribution < -0.4 is 10.6 Å². The summed E-state index contributed by atoms with van der Waals surface area (Å²) >= 11 is 5.01. The lowest BCUT2D eigenvalue weighted by molar-refractivity contribution is -0.121. The summed E-state index contributed by atoms with van der Waals surface area (Å²) in [5.74, 6) is -1.08. The smallest absolute Gasteiger partial charge is 0.311 e. The van der Waals surface area contributed by atoms with Crippen molar-refractivity contribution >= 4 is 33.7 Å². The van der Waals surface area contributed by atoms with Crippen molar-refractivity contribution in [2.75, 3.05) is 7.05 Å². The molecule has 25 heavy (non-hydrogen) atoms.